The summed E-state index contributed by atoms with van der Waals surface area (Å²) < 4.78 is 6.53. The Morgan fingerprint density at radius 3 is 2.47 bits per heavy atom. The fourth-order valence-corrected chi connectivity index (χ4v) is 3.63. The highest BCUT2D eigenvalue weighted by molar-refractivity contribution is 5.38. The fourth-order valence-electron chi connectivity index (χ4n) is 3.63. The highest BCUT2D eigenvalue weighted by Gasteiger charge is 2.40. The van der Waals surface area contributed by atoms with Crippen LogP contribution >= 0.6 is 0 Å². The van der Waals surface area contributed by atoms with Gasteiger partial charge in [-0.15, -0.1) is 0 Å². The Hall–Kier alpha value is -0.860. The number of benzene rings is 1. The third-order valence-corrected chi connectivity index (χ3v) is 4.91. The standard InChI is InChI=1S/C17H25NO/c1-12-8-14(3)15(9-13(12)2)16-10-18-11-17(19-16)6-4-5-7-17/h8-9,16,18H,4-7,10-11H2,1-3H3. The van der Waals surface area contributed by atoms with Crippen LogP contribution in [0.3, 0.4) is 0 Å². The van der Waals surface area contributed by atoms with Gasteiger partial charge >= 0.3 is 0 Å². The van der Waals surface area contributed by atoms with E-state index in [0.717, 1.165) is 13.1 Å². The van der Waals surface area contributed by atoms with Crippen LogP contribution in [0.1, 0.15) is 54.0 Å². The predicted molar refractivity (Wildman–Crippen MR) is 78.5 cm³/mol. The molecule has 1 aliphatic heterocycles. The topological polar surface area (TPSA) is 21.3 Å². The molecule has 19 heavy (non-hydrogen) atoms. The maximum atomic E-state index is 6.53. The van der Waals surface area contributed by atoms with Gasteiger partial charge in [-0.1, -0.05) is 25.0 Å². The molecule has 0 aromatic heterocycles. The summed E-state index contributed by atoms with van der Waals surface area (Å²) >= 11 is 0. The number of morpholine rings is 1. The van der Waals surface area contributed by atoms with E-state index in [1.54, 1.807) is 0 Å². The summed E-state index contributed by atoms with van der Waals surface area (Å²) in [5.74, 6) is 0. The van der Waals surface area contributed by atoms with Crippen LogP contribution in [-0.2, 0) is 4.74 Å². The van der Waals surface area contributed by atoms with Crippen LogP contribution in [0.2, 0.25) is 0 Å². The van der Waals surface area contributed by atoms with Gasteiger partial charge in [0.1, 0.15) is 0 Å². The van der Waals surface area contributed by atoms with E-state index >= 15 is 0 Å². The van der Waals surface area contributed by atoms with E-state index in [4.69, 9.17) is 4.74 Å². The Labute approximate surface area is 116 Å². The van der Waals surface area contributed by atoms with Crippen molar-refractivity contribution in [3.05, 3.63) is 34.4 Å². The lowest BCUT2D eigenvalue weighted by molar-refractivity contribution is -0.114. The molecule has 2 nitrogen and oxygen atoms in total. The molecule has 1 unspecified atom stereocenters. The Morgan fingerprint density at radius 1 is 1.05 bits per heavy atom. The summed E-state index contributed by atoms with van der Waals surface area (Å²) in [6.45, 7) is 8.57. The Morgan fingerprint density at radius 2 is 1.74 bits per heavy atom. The summed E-state index contributed by atoms with van der Waals surface area (Å²) in [5, 5.41) is 3.60. The van der Waals surface area contributed by atoms with Gasteiger partial charge in [0, 0.05) is 13.1 Å². The Kier molecular flexibility index (Phi) is 3.40. The van der Waals surface area contributed by atoms with Gasteiger partial charge in [-0.25, -0.2) is 0 Å². The average molecular weight is 259 g/mol. The first-order valence-corrected chi connectivity index (χ1v) is 7.56. The molecule has 1 heterocycles. The van der Waals surface area contributed by atoms with Gasteiger partial charge in [0.15, 0.2) is 0 Å². The zero-order chi connectivity index (χ0) is 13.5. The van der Waals surface area contributed by atoms with Crippen LogP contribution in [0.25, 0.3) is 0 Å². The molecule has 1 saturated heterocycles. The highest BCUT2D eigenvalue weighted by atomic mass is 16.5. The molecular weight excluding hydrogens is 234 g/mol. The lowest BCUT2D eigenvalue weighted by Crippen LogP contribution is -2.49. The first kappa shape index (κ1) is 13.1. The maximum absolute atomic E-state index is 6.53. The molecule has 0 bridgehead atoms. The Bertz CT molecular complexity index is 474. The summed E-state index contributed by atoms with van der Waals surface area (Å²) in [6, 6.07) is 4.62. The number of nitrogens with one attached hydrogen (secondary N) is 1. The van der Waals surface area contributed by atoms with E-state index in [-0.39, 0.29) is 11.7 Å². The SMILES string of the molecule is Cc1cc(C)c(C2CNCC3(CCCC3)O2)cc1C. The van der Waals surface area contributed by atoms with Crippen molar-refractivity contribution in [1.82, 2.24) is 5.32 Å². The first-order chi connectivity index (χ1) is 9.10. The van der Waals surface area contributed by atoms with Crippen LogP contribution in [-0.4, -0.2) is 18.7 Å². The van der Waals surface area contributed by atoms with Gasteiger partial charge in [-0.3, -0.25) is 0 Å². The summed E-state index contributed by atoms with van der Waals surface area (Å²) in [6.07, 6.45) is 5.31. The van der Waals surface area contributed by atoms with Crippen molar-refractivity contribution < 1.29 is 4.74 Å². The van der Waals surface area contributed by atoms with E-state index in [2.05, 4.69) is 38.2 Å². The number of rotatable bonds is 1. The molecule has 0 amide bonds. The number of ether oxygens (including phenoxy) is 1. The molecule has 1 spiro atoms. The molecule has 1 N–H and O–H groups in total. The highest BCUT2D eigenvalue weighted by Crippen LogP contribution is 2.39. The average Bonchev–Trinajstić information content (AvgIpc) is 2.82. The van der Waals surface area contributed by atoms with E-state index in [1.807, 2.05) is 0 Å². The van der Waals surface area contributed by atoms with Crippen molar-refractivity contribution in [2.45, 2.75) is 58.2 Å². The monoisotopic (exact) mass is 259 g/mol. The zero-order valence-electron chi connectivity index (χ0n) is 12.4. The summed E-state index contributed by atoms with van der Waals surface area (Å²) in [4.78, 5) is 0. The molecule has 3 rings (SSSR count). The fraction of sp³-hybridized carbons (Fsp3) is 0.647. The van der Waals surface area contributed by atoms with Crippen molar-refractivity contribution in [2.75, 3.05) is 13.1 Å². The van der Waals surface area contributed by atoms with Gasteiger partial charge < -0.3 is 10.1 Å². The first-order valence-electron chi connectivity index (χ1n) is 7.56. The maximum Gasteiger partial charge on any atom is 0.0960 e. The lowest BCUT2D eigenvalue weighted by Gasteiger charge is -2.40. The van der Waals surface area contributed by atoms with Gasteiger partial charge in [-0.2, -0.15) is 0 Å². The van der Waals surface area contributed by atoms with Gasteiger partial charge in [0.2, 0.25) is 0 Å². The second kappa shape index (κ2) is 4.92. The van der Waals surface area contributed by atoms with E-state index in [9.17, 15) is 0 Å². The third-order valence-electron chi connectivity index (χ3n) is 4.91. The second-order valence-corrected chi connectivity index (χ2v) is 6.42. The van der Waals surface area contributed by atoms with E-state index < -0.39 is 0 Å². The molecule has 1 saturated carbocycles. The molecule has 104 valence electrons. The van der Waals surface area contributed by atoms with E-state index in [1.165, 1.54) is 47.9 Å². The van der Waals surface area contributed by atoms with Crippen LogP contribution in [0, 0.1) is 20.8 Å². The summed E-state index contributed by atoms with van der Waals surface area (Å²) in [5.41, 5.74) is 5.61. The van der Waals surface area contributed by atoms with Gasteiger partial charge in [0.05, 0.1) is 11.7 Å². The molecule has 2 aliphatic rings. The van der Waals surface area contributed by atoms with Crippen molar-refractivity contribution in [3.8, 4) is 0 Å². The molecule has 0 radical (unpaired) electrons. The normalized spacial score (nSPS) is 25.9. The molecule has 2 fully saturated rings. The van der Waals surface area contributed by atoms with Crippen LogP contribution in [0.15, 0.2) is 12.1 Å². The van der Waals surface area contributed by atoms with Crippen molar-refractivity contribution in [3.63, 3.8) is 0 Å². The zero-order valence-corrected chi connectivity index (χ0v) is 12.4. The molecule has 1 aliphatic carbocycles. The van der Waals surface area contributed by atoms with Crippen LogP contribution in [0.5, 0.6) is 0 Å². The van der Waals surface area contributed by atoms with Crippen molar-refractivity contribution in [1.29, 1.82) is 0 Å². The third kappa shape index (κ3) is 2.44. The largest absolute Gasteiger partial charge is 0.364 e. The molecular formula is C17H25NO. The minimum absolute atomic E-state index is 0.119. The molecule has 1 aromatic carbocycles. The number of aryl methyl sites for hydroxylation is 3. The Balaban J connectivity index is 1.87. The minimum Gasteiger partial charge on any atom is -0.364 e. The molecule has 1 aromatic rings. The molecule has 2 heteroatoms. The van der Waals surface area contributed by atoms with E-state index in [0.29, 0.717) is 0 Å². The molecule has 1 atom stereocenters. The summed E-state index contributed by atoms with van der Waals surface area (Å²) in [7, 11) is 0. The van der Waals surface area contributed by atoms with Gasteiger partial charge in [0.25, 0.3) is 0 Å². The smallest absolute Gasteiger partial charge is 0.0960 e. The second-order valence-electron chi connectivity index (χ2n) is 6.42. The minimum atomic E-state index is 0.119. The van der Waals surface area contributed by atoms with Crippen molar-refractivity contribution in [2.24, 2.45) is 0 Å². The van der Waals surface area contributed by atoms with Gasteiger partial charge in [-0.05, 0) is 55.9 Å². The van der Waals surface area contributed by atoms with Crippen LogP contribution in [0.4, 0.5) is 0 Å². The quantitative estimate of drug-likeness (QED) is 0.832. The number of hydrogen-bond donors (Lipinski definition) is 1. The van der Waals surface area contributed by atoms with Crippen LogP contribution < -0.4 is 5.32 Å². The number of hydrogen-bond acceptors (Lipinski definition) is 2. The van der Waals surface area contributed by atoms with Crippen molar-refractivity contribution >= 4 is 0 Å². The predicted octanol–water partition coefficient (Wildman–Crippen LogP) is 3.59. The lowest BCUT2D eigenvalue weighted by atomic mass is 9.93.